The summed E-state index contributed by atoms with van der Waals surface area (Å²) >= 11 is 0. The fourth-order valence-electron chi connectivity index (χ4n) is 1.30. The van der Waals surface area contributed by atoms with Crippen LogP contribution in [0.2, 0.25) is 0 Å². The molecule has 0 radical (unpaired) electrons. The highest BCUT2D eigenvalue weighted by molar-refractivity contribution is 5.24. The third kappa shape index (κ3) is 3.17. The Labute approximate surface area is 79.4 Å². The van der Waals surface area contributed by atoms with E-state index in [1.165, 1.54) is 5.56 Å². The van der Waals surface area contributed by atoms with Crippen LogP contribution in [0.15, 0.2) is 24.3 Å². The van der Waals surface area contributed by atoms with Gasteiger partial charge in [-0.1, -0.05) is 24.3 Å². The summed E-state index contributed by atoms with van der Waals surface area (Å²) < 4.78 is 0. The maximum atomic E-state index is 9.27. The summed E-state index contributed by atoms with van der Waals surface area (Å²) in [5.41, 5.74) is 7.85. The van der Waals surface area contributed by atoms with E-state index in [-0.39, 0.29) is 12.1 Å². The lowest BCUT2D eigenvalue weighted by Crippen LogP contribution is -2.17. The van der Waals surface area contributed by atoms with Gasteiger partial charge in [0.2, 0.25) is 0 Å². The molecule has 1 aromatic carbocycles. The average Bonchev–Trinajstić information content (AvgIpc) is 2.04. The van der Waals surface area contributed by atoms with E-state index in [0.29, 0.717) is 0 Å². The van der Waals surface area contributed by atoms with Gasteiger partial charge in [-0.05, 0) is 31.4 Å². The normalized spacial score (nSPS) is 15.4. The van der Waals surface area contributed by atoms with Crippen LogP contribution in [-0.4, -0.2) is 11.1 Å². The number of nitrogens with two attached hydrogens (primary N) is 1. The van der Waals surface area contributed by atoms with E-state index < -0.39 is 0 Å². The topological polar surface area (TPSA) is 46.2 Å². The maximum absolute atomic E-state index is 9.27. The van der Waals surface area contributed by atoms with Crippen LogP contribution in [0.25, 0.3) is 0 Å². The average molecular weight is 179 g/mol. The quantitative estimate of drug-likeness (QED) is 0.740. The van der Waals surface area contributed by atoms with Crippen molar-refractivity contribution < 1.29 is 5.11 Å². The smallest absolute Gasteiger partial charge is 0.0761 e. The molecule has 2 unspecified atom stereocenters. The number of benzene rings is 1. The van der Waals surface area contributed by atoms with E-state index in [9.17, 15) is 5.11 Å². The summed E-state index contributed by atoms with van der Waals surface area (Å²) in [6.45, 7) is 3.75. The van der Waals surface area contributed by atoms with Gasteiger partial charge in [-0.15, -0.1) is 0 Å². The van der Waals surface area contributed by atoms with Crippen LogP contribution in [0.3, 0.4) is 0 Å². The van der Waals surface area contributed by atoms with Gasteiger partial charge in [-0.25, -0.2) is 0 Å². The SMILES string of the molecule is CC(N)Cc1ccc(C(C)O)cc1. The molecule has 0 aliphatic heterocycles. The number of hydrogen-bond donors (Lipinski definition) is 2. The molecule has 72 valence electrons. The van der Waals surface area contributed by atoms with E-state index >= 15 is 0 Å². The van der Waals surface area contributed by atoms with Crippen LogP contribution in [-0.2, 0) is 6.42 Å². The van der Waals surface area contributed by atoms with Gasteiger partial charge in [-0.2, -0.15) is 0 Å². The molecule has 0 bridgehead atoms. The van der Waals surface area contributed by atoms with E-state index in [0.717, 1.165) is 12.0 Å². The molecule has 0 saturated heterocycles. The Kier molecular flexibility index (Phi) is 3.46. The van der Waals surface area contributed by atoms with Crippen molar-refractivity contribution in [3.05, 3.63) is 35.4 Å². The first-order valence-electron chi connectivity index (χ1n) is 4.62. The van der Waals surface area contributed by atoms with Crippen molar-refractivity contribution in [3.8, 4) is 0 Å². The molecular weight excluding hydrogens is 162 g/mol. The summed E-state index contributed by atoms with van der Waals surface area (Å²) in [6.07, 6.45) is 0.504. The second kappa shape index (κ2) is 4.40. The molecule has 1 aromatic rings. The van der Waals surface area contributed by atoms with Gasteiger partial charge in [0.05, 0.1) is 6.10 Å². The minimum Gasteiger partial charge on any atom is -0.389 e. The van der Waals surface area contributed by atoms with E-state index in [2.05, 4.69) is 0 Å². The molecule has 0 heterocycles. The van der Waals surface area contributed by atoms with Crippen LogP contribution in [0.5, 0.6) is 0 Å². The lowest BCUT2D eigenvalue weighted by Gasteiger charge is -2.07. The number of hydrogen-bond acceptors (Lipinski definition) is 2. The fourth-order valence-corrected chi connectivity index (χ4v) is 1.30. The Hall–Kier alpha value is -0.860. The molecule has 2 atom stereocenters. The molecule has 2 heteroatoms. The van der Waals surface area contributed by atoms with Crippen LogP contribution < -0.4 is 5.73 Å². The molecule has 0 aliphatic rings. The van der Waals surface area contributed by atoms with Gasteiger partial charge < -0.3 is 10.8 Å². The highest BCUT2D eigenvalue weighted by Crippen LogP contribution is 2.13. The van der Waals surface area contributed by atoms with E-state index in [1.807, 2.05) is 31.2 Å². The maximum Gasteiger partial charge on any atom is 0.0761 e. The largest absolute Gasteiger partial charge is 0.389 e. The number of aliphatic hydroxyl groups is 1. The van der Waals surface area contributed by atoms with E-state index in [4.69, 9.17) is 5.73 Å². The molecule has 1 rings (SSSR count). The van der Waals surface area contributed by atoms with Crippen molar-refractivity contribution in [2.24, 2.45) is 5.73 Å². The lowest BCUT2D eigenvalue weighted by molar-refractivity contribution is 0.199. The molecular formula is C11H17NO. The van der Waals surface area contributed by atoms with Crippen LogP contribution in [0.1, 0.15) is 31.1 Å². The van der Waals surface area contributed by atoms with Crippen molar-refractivity contribution in [1.82, 2.24) is 0 Å². The van der Waals surface area contributed by atoms with Crippen LogP contribution >= 0.6 is 0 Å². The van der Waals surface area contributed by atoms with Crippen LogP contribution in [0.4, 0.5) is 0 Å². The summed E-state index contributed by atoms with van der Waals surface area (Å²) in [5, 5.41) is 9.27. The standard InChI is InChI=1S/C11H17NO/c1-8(12)7-10-3-5-11(6-4-10)9(2)13/h3-6,8-9,13H,7,12H2,1-2H3. The first kappa shape index (κ1) is 10.2. The minimum absolute atomic E-state index is 0.192. The van der Waals surface area contributed by atoms with Crippen molar-refractivity contribution >= 4 is 0 Å². The zero-order valence-electron chi connectivity index (χ0n) is 8.20. The Balaban J connectivity index is 2.70. The van der Waals surface area contributed by atoms with Gasteiger partial charge >= 0.3 is 0 Å². The first-order chi connectivity index (χ1) is 6.09. The second-order valence-electron chi connectivity index (χ2n) is 3.60. The summed E-state index contributed by atoms with van der Waals surface area (Å²) in [4.78, 5) is 0. The Bertz CT molecular complexity index is 251. The molecule has 0 spiro atoms. The molecule has 13 heavy (non-hydrogen) atoms. The predicted octanol–water partition coefficient (Wildman–Crippen LogP) is 1.63. The van der Waals surface area contributed by atoms with Gasteiger partial charge in [0.1, 0.15) is 0 Å². The Morgan fingerprint density at radius 1 is 1.23 bits per heavy atom. The molecule has 0 saturated carbocycles. The first-order valence-corrected chi connectivity index (χ1v) is 4.62. The lowest BCUT2D eigenvalue weighted by atomic mass is 10.0. The molecule has 0 fully saturated rings. The summed E-state index contributed by atoms with van der Waals surface area (Å²) in [6, 6.07) is 8.12. The number of aliphatic hydroxyl groups excluding tert-OH is 1. The molecule has 2 nitrogen and oxygen atoms in total. The minimum atomic E-state index is -0.385. The van der Waals surface area contributed by atoms with Gasteiger partial charge in [0.25, 0.3) is 0 Å². The molecule has 0 aliphatic carbocycles. The monoisotopic (exact) mass is 179 g/mol. The summed E-state index contributed by atoms with van der Waals surface area (Å²) in [7, 11) is 0. The summed E-state index contributed by atoms with van der Waals surface area (Å²) in [5.74, 6) is 0. The van der Waals surface area contributed by atoms with Gasteiger partial charge in [-0.3, -0.25) is 0 Å². The van der Waals surface area contributed by atoms with Crippen molar-refractivity contribution in [2.75, 3.05) is 0 Å². The zero-order valence-corrected chi connectivity index (χ0v) is 8.20. The Morgan fingerprint density at radius 2 is 1.77 bits per heavy atom. The zero-order chi connectivity index (χ0) is 9.84. The van der Waals surface area contributed by atoms with Crippen molar-refractivity contribution in [1.29, 1.82) is 0 Å². The highest BCUT2D eigenvalue weighted by atomic mass is 16.3. The Morgan fingerprint density at radius 3 is 2.15 bits per heavy atom. The second-order valence-corrected chi connectivity index (χ2v) is 3.60. The predicted molar refractivity (Wildman–Crippen MR) is 54.4 cm³/mol. The highest BCUT2D eigenvalue weighted by Gasteiger charge is 2.01. The van der Waals surface area contributed by atoms with Gasteiger partial charge in [0.15, 0.2) is 0 Å². The van der Waals surface area contributed by atoms with Crippen LogP contribution in [0, 0.1) is 0 Å². The van der Waals surface area contributed by atoms with E-state index in [1.54, 1.807) is 6.92 Å². The number of rotatable bonds is 3. The molecule has 0 amide bonds. The van der Waals surface area contributed by atoms with Crippen molar-refractivity contribution in [2.45, 2.75) is 32.4 Å². The molecule has 0 aromatic heterocycles. The third-order valence-electron chi connectivity index (χ3n) is 2.02. The van der Waals surface area contributed by atoms with Gasteiger partial charge in [0, 0.05) is 6.04 Å². The van der Waals surface area contributed by atoms with Crippen molar-refractivity contribution in [3.63, 3.8) is 0 Å². The molecule has 3 N–H and O–H groups in total. The third-order valence-corrected chi connectivity index (χ3v) is 2.02. The fraction of sp³-hybridized carbons (Fsp3) is 0.455.